The van der Waals surface area contributed by atoms with Crippen LogP contribution in [0.1, 0.15) is 17.0 Å². The number of rotatable bonds is 3. The maximum absolute atomic E-state index is 8.62. The van der Waals surface area contributed by atoms with Crippen LogP contribution in [0.3, 0.4) is 0 Å². The lowest BCUT2D eigenvalue weighted by Gasteiger charge is -2.09. The van der Waals surface area contributed by atoms with E-state index >= 15 is 0 Å². The van der Waals surface area contributed by atoms with Crippen LogP contribution in [0.5, 0.6) is 0 Å². The van der Waals surface area contributed by atoms with Crippen molar-refractivity contribution in [3.05, 3.63) is 41.2 Å². The van der Waals surface area contributed by atoms with E-state index < -0.39 is 0 Å². The number of aryl methyl sites for hydroxylation is 3. The molecule has 0 atom stereocenters. The number of hydrogen-bond acceptors (Lipinski definition) is 5. The first-order valence-electron chi connectivity index (χ1n) is 5.93. The Labute approximate surface area is 112 Å². The van der Waals surface area contributed by atoms with Crippen molar-refractivity contribution in [2.75, 3.05) is 10.6 Å². The minimum atomic E-state index is 0.487. The van der Waals surface area contributed by atoms with Crippen molar-refractivity contribution in [2.45, 2.75) is 20.8 Å². The van der Waals surface area contributed by atoms with Gasteiger partial charge in [-0.05, 0) is 44.0 Å². The van der Waals surface area contributed by atoms with Gasteiger partial charge in [0.2, 0.25) is 0 Å². The van der Waals surface area contributed by atoms with Gasteiger partial charge >= 0.3 is 0 Å². The van der Waals surface area contributed by atoms with Crippen molar-refractivity contribution in [2.24, 2.45) is 0 Å². The molecular formula is C14H15N5. The van der Waals surface area contributed by atoms with Gasteiger partial charge in [0.25, 0.3) is 0 Å². The Kier molecular flexibility index (Phi) is 3.62. The molecule has 5 heteroatoms. The Hall–Kier alpha value is -2.61. The molecule has 96 valence electrons. The van der Waals surface area contributed by atoms with Crippen LogP contribution in [0, 0.1) is 32.2 Å². The van der Waals surface area contributed by atoms with Gasteiger partial charge in [0.15, 0.2) is 6.19 Å². The van der Waals surface area contributed by atoms with Crippen molar-refractivity contribution in [1.29, 1.82) is 5.26 Å². The Morgan fingerprint density at radius 1 is 1.00 bits per heavy atom. The summed E-state index contributed by atoms with van der Waals surface area (Å²) in [5.41, 5.74) is 3.42. The molecule has 1 aromatic carbocycles. The summed E-state index contributed by atoms with van der Waals surface area (Å²) in [7, 11) is 0. The van der Waals surface area contributed by atoms with E-state index in [0.717, 1.165) is 5.69 Å². The van der Waals surface area contributed by atoms with Gasteiger partial charge in [0.1, 0.15) is 17.5 Å². The quantitative estimate of drug-likeness (QED) is 0.649. The van der Waals surface area contributed by atoms with E-state index in [1.54, 1.807) is 13.0 Å². The molecule has 0 saturated carbocycles. The van der Waals surface area contributed by atoms with Crippen molar-refractivity contribution in [1.82, 2.24) is 9.97 Å². The van der Waals surface area contributed by atoms with Crippen LogP contribution in [-0.4, -0.2) is 9.97 Å². The number of nitrogens with one attached hydrogen (secondary N) is 2. The lowest BCUT2D eigenvalue weighted by atomic mass is 10.1. The highest BCUT2D eigenvalue weighted by atomic mass is 15.1. The molecule has 0 radical (unpaired) electrons. The minimum Gasteiger partial charge on any atom is -0.340 e. The fourth-order valence-corrected chi connectivity index (χ4v) is 1.72. The zero-order valence-corrected chi connectivity index (χ0v) is 11.2. The summed E-state index contributed by atoms with van der Waals surface area (Å²) in [6.45, 7) is 5.92. The summed E-state index contributed by atoms with van der Waals surface area (Å²) in [6, 6.07) is 7.81. The van der Waals surface area contributed by atoms with Gasteiger partial charge in [0.05, 0.1) is 0 Å². The van der Waals surface area contributed by atoms with Gasteiger partial charge < -0.3 is 5.32 Å². The van der Waals surface area contributed by atoms with Gasteiger partial charge in [-0.1, -0.05) is 6.07 Å². The zero-order chi connectivity index (χ0) is 13.8. The lowest BCUT2D eigenvalue weighted by Crippen LogP contribution is -2.01. The first-order chi connectivity index (χ1) is 9.08. The van der Waals surface area contributed by atoms with Gasteiger partial charge in [-0.3, -0.25) is 5.32 Å². The topological polar surface area (TPSA) is 73.6 Å². The van der Waals surface area contributed by atoms with Crippen LogP contribution in [-0.2, 0) is 0 Å². The number of benzene rings is 1. The zero-order valence-electron chi connectivity index (χ0n) is 11.2. The first kappa shape index (κ1) is 12.8. The van der Waals surface area contributed by atoms with Crippen LogP contribution >= 0.6 is 0 Å². The third-order valence-electron chi connectivity index (χ3n) is 2.80. The Balaban J connectivity index is 2.27. The maximum atomic E-state index is 8.62. The van der Waals surface area contributed by atoms with Crippen LogP contribution in [0.15, 0.2) is 24.3 Å². The number of aromatic nitrogens is 2. The van der Waals surface area contributed by atoms with Gasteiger partial charge in [0, 0.05) is 11.8 Å². The largest absolute Gasteiger partial charge is 0.340 e. The Bertz CT molecular complexity index is 643. The average molecular weight is 253 g/mol. The van der Waals surface area contributed by atoms with E-state index in [1.165, 1.54) is 11.1 Å². The number of nitrogens with zero attached hydrogens (tertiary/aromatic N) is 3. The summed E-state index contributed by atoms with van der Waals surface area (Å²) in [6.07, 6.45) is 1.85. The molecular weight excluding hydrogens is 238 g/mol. The molecule has 0 amide bonds. The Morgan fingerprint density at radius 3 is 2.42 bits per heavy atom. The molecule has 0 aliphatic rings. The third kappa shape index (κ3) is 3.19. The normalized spacial score (nSPS) is 9.79. The SMILES string of the molecule is Cc1nc(NC#N)cc(Nc2ccc(C)c(C)c2)n1. The van der Waals surface area contributed by atoms with Crippen molar-refractivity contribution in [3.63, 3.8) is 0 Å². The van der Waals surface area contributed by atoms with Gasteiger partial charge in [-0.2, -0.15) is 5.26 Å². The van der Waals surface area contributed by atoms with Crippen LogP contribution < -0.4 is 10.6 Å². The summed E-state index contributed by atoms with van der Waals surface area (Å²) in [5, 5.41) is 14.3. The molecule has 0 aliphatic heterocycles. The molecule has 1 heterocycles. The molecule has 0 unspecified atom stereocenters. The highest BCUT2D eigenvalue weighted by molar-refractivity contribution is 5.61. The van der Waals surface area contributed by atoms with E-state index in [4.69, 9.17) is 5.26 Å². The highest BCUT2D eigenvalue weighted by Crippen LogP contribution is 2.19. The molecule has 2 rings (SSSR count). The van der Waals surface area contributed by atoms with Gasteiger partial charge in [-0.25, -0.2) is 9.97 Å². The highest BCUT2D eigenvalue weighted by Gasteiger charge is 2.03. The molecule has 0 bridgehead atoms. The summed E-state index contributed by atoms with van der Waals surface area (Å²) < 4.78 is 0. The number of nitriles is 1. The number of hydrogen-bond donors (Lipinski definition) is 2. The standard InChI is InChI=1S/C14H15N5/c1-9-4-5-12(6-10(9)2)19-14-7-13(16-8-15)17-11(3)18-14/h4-7H,1-3H3,(H2,16,17,18,19). The molecule has 0 saturated heterocycles. The van der Waals surface area contributed by atoms with Crippen molar-refractivity contribution in [3.8, 4) is 6.19 Å². The predicted molar refractivity (Wildman–Crippen MR) is 75.2 cm³/mol. The summed E-state index contributed by atoms with van der Waals surface area (Å²) >= 11 is 0. The summed E-state index contributed by atoms with van der Waals surface area (Å²) in [5.74, 6) is 1.75. The fraction of sp³-hybridized carbons (Fsp3) is 0.214. The fourth-order valence-electron chi connectivity index (χ4n) is 1.72. The molecule has 0 fully saturated rings. The summed E-state index contributed by atoms with van der Waals surface area (Å²) in [4.78, 5) is 8.40. The molecule has 1 aromatic heterocycles. The van der Waals surface area contributed by atoms with Gasteiger partial charge in [-0.15, -0.1) is 0 Å². The molecule has 0 spiro atoms. The third-order valence-corrected chi connectivity index (χ3v) is 2.80. The smallest absolute Gasteiger partial charge is 0.182 e. The number of anilines is 3. The first-order valence-corrected chi connectivity index (χ1v) is 5.93. The lowest BCUT2D eigenvalue weighted by molar-refractivity contribution is 1.06. The second-order valence-electron chi connectivity index (χ2n) is 4.35. The molecule has 2 aromatic rings. The van der Waals surface area contributed by atoms with Crippen LogP contribution in [0.4, 0.5) is 17.3 Å². The second kappa shape index (κ2) is 5.36. The van der Waals surface area contributed by atoms with E-state index in [0.29, 0.717) is 17.5 Å². The predicted octanol–water partition coefficient (Wildman–Crippen LogP) is 3.04. The minimum absolute atomic E-state index is 0.487. The second-order valence-corrected chi connectivity index (χ2v) is 4.35. The van der Waals surface area contributed by atoms with E-state index in [-0.39, 0.29) is 0 Å². The molecule has 5 nitrogen and oxygen atoms in total. The van der Waals surface area contributed by atoms with Crippen LogP contribution in [0.2, 0.25) is 0 Å². The van der Waals surface area contributed by atoms with E-state index in [2.05, 4.69) is 46.6 Å². The van der Waals surface area contributed by atoms with Crippen molar-refractivity contribution >= 4 is 17.3 Å². The molecule has 2 N–H and O–H groups in total. The molecule has 19 heavy (non-hydrogen) atoms. The monoisotopic (exact) mass is 253 g/mol. The maximum Gasteiger partial charge on any atom is 0.182 e. The van der Waals surface area contributed by atoms with Crippen molar-refractivity contribution < 1.29 is 0 Å². The van der Waals surface area contributed by atoms with E-state index in [9.17, 15) is 0 Å². The Morgan fingerprint density at radius 2 is 1.74 bits per heavy atom. The molecule has 0 aliphatic carbocycles. The average Bonchev–Trinajstić information content (AvgIpc) is 2.33. The van der Waals surface area contributed by atoms with Crippen LogP contribution in [0.25, 0.3) is 0 Å². The van der Waals surface area contributed by atoms with E-state index in [1.807, 2.05) is 12.3 Å².